The molecule has 6 rings (SSSR count). The van der Waals surface area contributed by atoms with Crippen LogP contribution >= 0.6 is 11.8 Å². The zero-order valence-electron chi connectivity index (χ0n) is 18.3. The summed E-state index contributed by atoms with van der Waals surface area (Å²) in [7, 11) is 0. The Labute approximate surface area is 202 Å². The number of benzene rings is 2. The van der Waals surface area contributed by atoms with E-state index < -0.39 is 34.8 Å². The number of rotatable bonds is 0. The average Bonchev–Trinajstić information content (AvgIpc) is 3.03. The number of aromatic hydroxyl groups is 1. The smallest absolute Gasteiger partial charge is 0.278 e. The third kappa shape index (κ3) is 3.31. The molecule has 0 radical (unpaired) electrons. The second kappa shape index (κ2) is 8.16. The van der Waals surface area contributed by atoms with Gasteiger partial charge in [-0.25, -0.2) is 8.78 Å². The van der Waals surface area contributed by atoms with Crippen molar-refractivity contribution in [3.63, 3.8) is 0 Å². The minimum atomic E-state index is -1.000. The molecule has 0 unspecified atom stereocenters. The summed E-state index contributed by atoms with van der Waals surface area (Å²) < 4.78 is 37.3. The van der Waals surface area contributed by atoms with Gasteiger partial charge in [0, 0.05) is 46.6 Å². The highest BCUT2D eigenvalue weighted by atomic mass is 32.2. The molecule has 0 spiro atoms. The number of fused-ring (bicyclic) bond motifs is 7. The van der Waals surface area contributed by atoms with Gasteiger partial charge < -0.3 is 14.7 Å². The van der Waals surface area contributed by atoms with Crippen LogP contribution in [-0.4, -0.2) is 40.4 Å². The first-order valence-electron chi connectivity index (χ1n) is 11.0. The molecule has 0 saturated carbocycles. The number of ether oxygens (including phenoxy) is 1. The second-order valence-electron chi connectivity index (χ2n) is 8.40. The highest BCUT2D eigenvalue weighted by Gasteiger charge is 2.40. The maximum Gasteiger partial charge on any atom is 0.278 e. The van der Waals surface area contributed by atoms with E-state index in [4.69, 9.17) is 4.74 Å². The number of hydrogen-bond donors (Lipinski definition) is 1. The summed E-state index contributed by atoms with van der Waals surface area (Å²) in [5, 5.41) is 12.4. The lowest BCUT2D eigenvalue weighted by atomic mass is 9.92. The molecular formula is C25H19F2N3O4S. The number of carbonyl (C=O) groups excluding carboxylic acids is 1. The molecule has 0 saturated heterocycles. The van der Waals surface area contributed by atoms with Crippen LogP contribution in [0.15, 0.2) is 64.4 Å². The molecular weight excluding hydrogens is 476 g/mol. The third-order valence-electron chi connectivity index (χ3n) is 6.44. The molecule has 2 bridgehead atoms. The molecule has 178 valence electrons. The van der Waals surface area contributed by atoms with Crippen molar-refractivity contribution < 1.29 is 23.4 Å². The molecule has 0 fully saturated rings. The molecule has 1 atom stereocenters. The molecule has 1 amide bonds. The van der Waals surface area contributed by atoms with Gasteiger partial charge in [-0.05, 0) is 17.7 Å². The molecule has 10 heteroatoms. The van der Waals surface area contributed by atoms with Crippen LogP contribution in [0.1, 0.15) is 33.2 Å². The summed E-state index contributed by atoms with van der Waals surface area (Å²) >= 11 is 1.39. The largest absolute Gasteiger partial charge is 0.502 e. The molecule has 4 heterocycles. The number of hydrogen-bond acceptors (Lipinski definition) is 6. The number of carbonyl (C=O) groups is 1. The Kier molecular flexibility index (Phi) is 5.06. The van der Waals surface area contributed by atoms with E-state index in [0.717, 1.165) is 16.5 Å². The Hall–Kier alpha value is -3.79. The Morgan fingerprint density at radius 3 is 2.80 bits per heavy atom. The van der Waals surface area contributed by atoms with Gasteiger partial charge in [0.2, 0.25) is 5.43 Å². The Morgan fingerprint density at radius 2 is 1.94 bits per heavy atom. The lowest BCUT2D eigenvalue weighted by Crippen LogP contribution is -2.55. The van der Waals surface area contributed by atoms with E-state index in [0.29, 0.717) is 5.56 Å². The summed E-state index contributed by atoms with van der Waals surface area (Å²) in [5.74, 6) is -2.75. The van der Waals surface area contributed by atoms with E-state index >= 15 is 4.39 Å². The molecule has 2 aromatic carbocycles. The standard InChI is InChI=1S/C25H19F2N3O4S/c26-16-11-18-20-15(21(16)27)12-35-19-6-2-1-5-14(19)22(20)30-13-28(8-3-4-10-34-18)25(33)23-24(32)17(31)7-9-29(23)30/h1-7,9,11,22,32H,8,10,12-13H2/b4-3-/t22-/m0/s1. The summed E-state index contributed by atoms with van der Waals surface area (Å²) in [5.41, 5.74) is 0.551. The number of halogens is 2. The van der Waals surface area contributed by atoms with Crippen LogP contribution in [0.5, 0.6) is 11.5 Å². The lowest BCUT2D eigenvalue weighted by Gasteiger charge is -2.44. The van der Waals surface area contributed by atoms with Crippen molar-refractivity contribution in [1.82, 2.24) is 9.58 Å². The van der Waals surface area contributed by atoms with Gasteiger partial charge in [-0.15, -0.1) is 11.8 Å². The molecule has 0 aliphatic carbocycles. The first-order chi connectivity index (χ1) is 17.0. The van der Waals surface area contributed by atoms with Crippen molar-refractivity contribution in [3.8, 4) is 11.5 Å². The van der Waals surface area contributed by atoms with E-state index in [1.54, 1.807) is 17.2 Å². The first kappa shape index (κ1) is 21.7. The van der Waals surface area contributed by atoms with Gasteiger partial charge in [0.1, 0.15) is 25.1 Å². The van der Waals surface area contributed by atoms with Gasteiger partial charge in [0.05, 0.1) is 0 Å². The van der Waals surface area contributed by atoms with Gasteiger partial charge >= 0.3 is 0 Å². The summed E-state index contributed by atoms with van der Waals surface area (Å²) in [4.78, 5) is 27.9. The van der Waals surface area contributed by atoms with Gasteiger partial charge in [-0.1, -0.05) is 24.3 Å². The highest BCUT2D eigenvalue weighted by Crippen LogP contribution is 2.47. The van der Waals surface area contributed by atoms with Gasteiger partial charge in [-0.2, -0.15) is 0 Å². The molecule has 3 aliphatic rings. The zero-order valence-corrected chi connectivity index (χ0v) is 19.1. The van der Waals surface area contributed by atoms with Crippen LogP contribution in [0, 0.1) is 11.6 Å². The van der Waals surface area contributed by atoms with Crippen molar-refractivity contribution in [3.05, 3.63) is 99.0 Å². The number of nitrogens with zero attached hydrogens (tertiary/aromatic N) is 3. The molecule has 1 N–H and O–H groups in total. The monoisotopic (exact) mass is 495 g/mol. The van der Waals surface area contributed by atoms with Crippen molar-refractivity contribution in [1.29, 1.82) is 0 Å². The number of pyridine rings is 1. The van der Waals surface area contributed by atoms with Crippen LogP contribution in [0.25, 0.3) is 0 Å². The molecule has 3 aromatic rings. The molecule has 1 aromatic heterocycles. The zero-order chi connectivity index (χ0) is 24.3. The highest BCUT2D eigenvalue weighted by molar-refractivity contribution is 7.98. The van der Waals surface area contributed by atoms with Crippen LogP contribution in [0.3, 0.4) is 0 Å². The fraction of sp³-hybridized carbons (Fsp3) is 0.200. The van der Waals surface area contributed by atoms with Crippen LogP contribution in [0.4, 0.5) is 8.78 Å². The van der Waals surface area contributed by atoms with Gasteiger partial charge in [0.15, 0.2) is 23.1 Å². The molecule has 7 nitrogen and oxygen atoms in total. The predicted octanol–water partition coefficient (Wildman–Crippen LogP) is 3.53. The Balaban J connectivity index is 1.71. The summed E-state index contributed by atoms with van der Waals surface area (Å²) in [6.07, 6.45) is 4.83. The van der Waals surface area contributed by atoms with Crippen LogP contribution < -0.4 is 15.2 Å². The Morgan fingerprint density at radius 1 is 1.11 bits per heavy atom. The van der Waals surface area contributed by atoms with Crippen LogP contribution in [-0.2, 0) is 5.75 Å². The molecule has 35 heavy (non-hydrogen) atoms. The van der Waals surface area contributed by atoms with Crippen molar-refractivity contribution in [2.45, 2.75) is 16.7 Å². The SMILES string of the molecule is O=C1c2c(O)c(=O)ccn2N2CN1C/C=C\COc1cc(F)c(F)c3c1[C@@H]2c1ccccc1SC3. The molecule has 3 aliphatic heterocycles. The van der Waals surface area contributed by atoms with E-state index in [2.05, 4.69) is 0 Å². The van der Waals surface area contributed by atoms with Crippen LogP contribution in [0.2, 0.25) is 0 Å². The fourth-order valence-corrected chi connectivity index (χ4v) is 5.93. The summed E-state index contributed by atoms with van der Waals surface area (Å²) in [6, 6.07) is 9.05. The fourth-order valence-electron chi connectivity index (χ4n) is 4.82. The van der Waals surface area contributed by atoms with Gasteiger partial charge in [0.25, 0.3) is 5.91 Å². The topological polar surface area (TPSA) is 75.0 Å². The average molecular weight is 496 g/mol. The first-order valence-corrected chi connectivity index (χ1v) is 12.0. The minimum absolute atomic E-state index is 0.0695. The minimum Gasteiger partial charge on any atom is -0.502 e. The van der Waals surface area contributed by atoms with Crippen molar-refractivity contribution in [2.75, 3.05) is 24.8 Å². The summed E-state index contributed by atoms with van der Waals surface area (Å²) in [6.45, 7) is 0.355. The lowest BCUT2D eigenvalue weighted by molar-refractivity contribution is 0.0701. The third-order valence-corrected chi connectivity index (χ3v) is 7.56. The number of aromatic nitrogens is 1. The van der Waals surface area contributed by atoms with E-state index in [9.17, 15) is 19.1 Å². The second-order valence-corrected chi connectivity index (χ2v) is 9.42. The van der Waals surface area contributed by atoms with E-state index in [1.165, 1.54) is 33.6 Å². The van der Waals surface area contributed by atoms with Gasteiger partial charge in [-0.3, -0.25) is 19.3 Å². The van der Waals surface area contributed by atoms with E-state index in [-0.39, 0.29) is 42.6 Å². The quantitative estimate of drug-likeness (QED) is 0.481. The maximum atomic E-state index is 15.3. The maximum absolute atomic E-state index is 15.3. The van der Waals surface area contributed by atoms with E-state index in [1.807, 2.05) is 24.3 Å². The van der Waals surface area contributed by atoms with Crippen molar-refractivity contribution >= 4 is 17.7 Å². The number of thioether (sulfide) groups is 1. The number of amides is 1. The predicted molar refractivity (Wildman–Crippen MR) is 125 cm³/mol. The Bertz CT molecular complexity index is 1470. The normalized spacial score (nSPS) is 19.5. The van der Waals surface area contributed by atoms with Crippen molar-refractivity contribution in [2.24, 2.45) is 0 Å².